The molecular weight excluding hydrogens is 298 g/mol. The largest absolute Gasteiger partial charge is 0.326 e. The molecule has 1 N–H and O–H groups in total. The van der Waals surface area contributed by atoms with Gasteiger partial charge in [0.15, 0.2) is 0 Å². The van der Waals surface area contributed by atoms with Gasteiger partial charge in [0.25, 0.3) is 5.56 Å². The summed E-state index contributed by atoms with van der Waals surface area (Å²) in [5.41, 5.74) is 1.51. The summed E-state index contributed by atoms with van der Waals surface area (Å²) in [4.78, 5) is 17.2. The van der Waals surface area contributed by atoms with E-state index in [0.29, 0.717) is 28.4 Å². The summed E-state index contributed by atoms with van der Waals surface area (Å²) in [5, 5.41) is 4.52. The maximum absolute atomic E-state index is 12.6. The van der Waals surface area contributed by atoms with Crippen molar-refractivity contribution in [1.29, 1.82) is 0 Å². The van der Waals surface area contributed by atoms with Gasteiger partial charge in [0.2, 0.25) is 5.95 Å². The highest BCUT2D eigenvalue weighted by Crippen LogP contribution is 2.19. The first kappa shape index (κ1) is 14.6. The predicted molar refractivity (Wildman–Crippen MR) is 91.0 cm³/mol. The summed E-state index contributed by atoms with van der Waals surface area (Å²) in [6.45, 7) is 2.65. The van der Waals surface area contributed by atoms with Gasteiger partial charge in [-0.3, -0.25) is 9.36 Å². The maximum Gasteiger partial charge on any atom is 0.262 e. The minimum absolute atomic E-state index is 0.0242. The summed E-state index contributed by atoms with van der Waals surface area (Å²) < 4.78 is 1.68. The van der Waals surface area contributed by atoms with E-state index in [2.05, 4.69) is 10.3 Å². The van der Waals surface area contributed by atoms with E-state index in [0.717, 1.165) is 12.1 Å². The van der Waals surface area contributed by atoms with Gasteiger partial charge in [0.1, 0.15) is 0 Å². The van der Waals surface area contributed by atoms with Gasteiger partial charge in [0.05, 0.1) is 10.9 Å². The standard InChI is InChI=1S/C17H16ClN3O/c1-2-11-21-16(22)14-5-3-4-6-15(14)20-17(21)19-13-9-7-12(18)8-10-13/h3-10H,2,11H2,1H3,(H,19,20). The molecule has 5 heteroatoms. The molecule has 0 saturated carbocycles. The van der Waals surface area contributed by atoms with Gasteiger partial charge < -0.3 is 5.32 Å². The van der Waals surface area contributed by atoms with E-state index < -0.39 is 0 Å². The summed E-state index contributed by atoms with van der Waals surface area (Å²) in [6, 6.07) is 14.7. The molecule has 3 aromatic rings. The van der Waals surface area contributed by atoms with E-state index in [1.807, 2.05) is 43.3 Å². The number of aromatic nitrogens is 2. The van der Waals surface area contributed by atoms with E-state index in [1.165, 1.54) is 0 Å². The van der Waals surface area contributed by atoms with Crippen LogP contribution in [0.25, 0.3) is 10.9 Å². The molecule has 0 aliphatic heterocycles. The lowest BCUT2D eigenvalue weighted by Gasteiger charge is -2.14. The quantitative estimate of drug-likeness (QED) is 0.785. The monoisotopic (exact) mass is 313 g/mol. The molecule has 0 spiro atoms. The number of fused-ring (bicyclic) bond motifs is 1. The van der Waals surface area contributed by atoms with Gasteiger partial charge in [-0.2, -0.15) is 0 Å². The van der Waals surface area contributed by atoms with Gasteiger partial charge in [0, 0.05) is 17.3 Å². The first-order valence-electron chi connectivity index (χ1n) is 7.21. The Kier molecular flexibility index (Phi) is 4.11. The minimum atomic E-state index is -0.0242. The molecule has 3 rings (SSSR count). The maximum atomic E-state index is 12.6. The molecule has 4 nitrogen and oxygen atoms in total. The molecule has 112 valence electrons. The van der Waals surface area contributed by atoms with Crippen molar-refractivity contribution in [2.24, 2.45) is 0 Å². The van der Waals surface area contributed by atoms with Crippen LogP contribution < -0.4 is 10.9 Å². The minimum Gasteiger partial charge on any atom is -0.326 e. The van der Waals surface area contributed by atoms with Crippen LogP contribution in [-0.2, 0) is 6.54 Å². The number of para-hydroxylation sites is 1. The molecule has 0 unspecified atom stereocenters. The van der Waals surface area contributed by atoms with Crippen LogP contribution >= 0.6 is 11.6 Å². The zero-order chi connectivity index (χ0) is 15.5. The van der Waals surface area contributed by atoms with Crippen LogP contribution in [0.2, 0.25) is 5.02 Å². The summed E-state index contributed by atoms with van der Waals surface area (Å²) >= 11 is 5.90. The van der Waals surface area contributed by atoms with E-state index in [9.17, 15) is 4.79 Å². The second-order valence-corrected chi connectivity index (χ2v) is 5.48. The van der Waals surface area contributed by atoms with Crippen LogP contribution in [0.4, 0.5) is 11.6 Å². The molecule has 2 aromatic carbocycles. The molecule has 22 heavy (non-hydrogen) atoms. The van der Waals surface area contributed by atoms with Crippen LogP contribution in [0.1, 0.15) is 13.3 Å². The molecule has 1 aromatic heterocycles. The number of nitrogens with zero attached hydrogens (tertiary/aromatic N) is 2. The Labute approximate surface area is 133 Å². The van der Waals surface area contributed by atoms with Crippen LogP contribution in [0.5, 0.6) is 0 Å². The first-order valence-corrected chi connectivity index (χ1v) is 7.59. The third-order valence-electron chi connectivity index (χ3n) is 3.41. The summed E-state index contributed by atoms with van der Waals surface area (Å²) in [7, 11) is 0. The average Bonchev–Trinajstić information content (AvgIpc) is 2.53. The fourth-order valence-electron chi connectivity index (χ4n) is 2.36. The number of nitrogens with one attached hydrogen (secondary N) is 1. The van der Waals surface area contributed by atoms with Crippen LogP contribution in [0.15, 0.2) is 53.3 Å². The predicted octanol–water partition coefficient (Wildman–Crippen LogP) is 4.20. The molecule has 1 heterocycles. The normalized spacial score (nSPS) is 10.8. The van der Waals surface area contributed by atoms with Gasteiger partial charge in [-0.05, 0) is 42.8 Å². The van der Waals surface area contributed by atoms with Crippen molar-refractivity contribution in [3.8, 4) is 0 Å². The Balaban J connectivity index is 2.12. The van der Waals surface area contributed by atoms with Crippen LogP contribution in [0, 0.1) is 0 Å². The third-order valence-corrected chi connectivity index (χ3v) is 3.66. The molecule has 0 aliphatic rings. The fraction of sp³-hybridized carbons (Fsp3) is 0.176. The van der Waals surface area contributed by atoms with Crippen molar-refractivity contribution >= 4 is 34.1 Å². The van der Waals surface area contributed by atoms with Crippen molar-refractivity contribution < 1.29 is 0 Å². The van der Waals surface area contributed by atoms with E-state index in [4.69, 9.17) is 11.6 Å². The second-order valence-electron chi connectivity index (χ2n) is 5.04. The highest BCUT2D eigenvalue weighted by atomic mass is 35.5. The number of halogens is 1. The zero-order valence-corrected chi connectivity index (χ0v) is 13.0. The Morgan fingerprint density at radius 3 is 2.59 bits per heavy atom. The van der Waals surface area contributed by atoms with Crippen LogP contribution in [0.3, 0.4) is 0 Å². The lowest BCUT2D eigenvalue weighted by atomic mass is 10.2. The van der Waals surface area contributed by atoms with Crippen molar-refractivity contribution in [2.75, 3.05) is 5.32 Å². The highest BCUT2D eigenvalue weighted by molar-refractivity contribution is 6.30. The second kappa shape index (κ2) is 6.20. The summed E-state index contributed by atoms with van der Waals surface area (Å²) in [5.74, 6) is 0.549. The number of hydrogen-bond donors (Lipinski definition) is 1. The molecular formula is C17H16ClN3O. The molecule has 0 fully saturated rings. The summed E-state index contributed by atoms with van der Waals surface area (Å²) in [6.07, 6.45) is 0.856. The van der Waals surface area contributed by atoms with Crippen LogP contribution in [-0.4, -0.2) is 9.55 Å². The van der Waals surface area contributed by atoms with Crippen molar-refractivity contribution in [1.82, 2.24) is 9.55 Å². The van der Waals surface area contributed by atoms with Gasteiger partial charge in [-0.25, -0.2) is 4.98 Å². The Morgan fingerprint density at radius 1 is 1.14 bits per heavy atom. The molecule has 0 saturated heterocycles. The zero-order valence-electron chi connectivity index (χ0n) is 12.2. The Hall–Kier alpha value is -2.33. The lowest BCUT2D eigenvalue weighted by Crippen LogP contribution is -2.24. The Morgan fingerprint density at radius 2 is 1.86 bits per heavy atom. The van der Waals surface area contributed by atoms with Crippen molar-refractivity contribution in [3.05, 3.63) is 63.9 Å². The van der Waals surface area contributed by atoms with Gasteiger partial charge in [-0.15, -0.1) is 0 Å². The average molecular weight is 314 g/mol. The van der Waals surface area contributed by atoms with Gasteiger partial charge >= 0.3 is 0 Å². The SMILES string of the molecule is CCCn1c(Nc2ccc(Cl)cc2)nc2ccccc2c1=O. The number of anilines is 2. The van der Waals surface area contributed by atoms with Gasteiger partial charge in [-0.1, -0.05) is 30.7 Å². The molecule has 0 aliphatic carbocycles. The third kappa shape index (κ3) is 2.83. The Bertz CT molecular complexity index is 856. The van der Waals surface area contributed by atoms with Crippen molar-refractivity contribution in [3.63, 3.8) is 0 Å². The smallest absolute Gasteiger partial charge is 0.262 e. The number of benzene rings is 2. The molecule has 0 bridgehead atoms. The molecule has 0 atom stereocenters. The van der Waals surface area contributed by atoms with Crippen molar-refractivity contribution in [2.45, 2.75) is 19.9 Å². The number of rotatable bonds is 4. The fourth-order valence-corrected chi connectivity index (χ4v) is 2.48. The number of hydrogen-bond acceptors (Lipinski definition) is 3. The molecule has 0 amide bonds. The van der Waals surface area contributed by atoms with E-state index >= 15 is 0 Å². The lowest BCUT2D eigenvalue weighted by molar-refractivity contribution is 0.657. The first-order chi connectivity index (χ1) is 10.7. The topological polar surface area (TPSA) is 46.9 Å². The van der Waals surface area contributed by atoms with E-state index in [1.54, 1.807) is 16.7 Å². The molecule has 0 radical (unpaired) electrons. The highest BCUT2D eigenvalue weighted by Gasteiger charge is 2.10. The van der Waals surface area contributed by atoms with E-state index in [-0.39, 0.29) is 5.56 Å².